The summed E-state index contributed by atoms with van der Waals surface area (Å²) in [6.45, 7) is 10.7. The Morgan fingerprint density at radius 2 is 1.80 bits per heavy atom. The van der Waals surface area contributed by atoms with Crippen LogP contribution in [-0.4, -0.2) is 63.0 Å². The maximum atomic E-state index is 13.2. The van der Waals surface area contributed by atoms with Crippen molar-refractivity contribution < 1.29 is 33.6 Å². The summed E-state index contributed by atoms with van der Waals surface area (Å²) in [5.41, 5.74) is -2.29. The Balaban J connectivity index is 1.96. The van der Waals surface area contributed by atoms with E-state index in [-0.39, 0.29) is 12.5 Å². The van der Waals surface area contributed by atoms with Crippen molar-refractivity contribution >= 4 is 31.4 Å². The smallest absolute Gasteiger partial charge is 0.384 e. The fourth-order valence-corrected chi connectivity index (χ4v) is 5.14. The lowest BCUT2D eigenvalue weighted by molar-refractivity contribution is -0.156. The monoisotopic (exact) mass is 533 g/mol. The van der Waals surface area contributed by atoms with Gasteiger partial charge in [-0.1, -0.05) is 44.5 Å². The first-order chi connectivity index (χ1) is 15.9. The van der Waals surface area contributed by atoms with Gasteiger partial charge in [0.25, 0.3) is 0 Å². The molecule has 1 aromatic carbocycles. The van der Waals surface area contributed by atoms with Gasteiger partial charge in [-0.3, -0.25) is 9.32 Å². The second-order valence-corrected chi connectivity index (χ2v) is 12.1. The molecule has 1 unspecified atom stereocenters. The third-order valence-corrected chi connectivity index (χ3v) is 7.61. The molecule has 10 nitrogen and oxygen atoms in total. The second-order valence-electron chi connectivity index (χ2n) is 10.5. The highest BCUT2D eigenvalue weighted by atomic mass is 35.5. The van der Waals surface area contributed by atoms with Gasteiger partial charge in [-0.25, -0.2) is 9.36 Å². The normalized spacial score (nSPS) is 22.3. The number of amides is 3. The van der Waals surface area contributed by atoms with E-state index in [1.165, 1.54) is 13.8 Å². The molecule has 3 atom stereocenters. The van der Waals surface area contributed by atoms with Crippen LogP contribution in [0.4, 0.5) is 4.79 Å². The van der Waals surface area contributed by atoms with Gasteiger partial charge in [0.15, 0.2) is 0 Å². The fourth-order valence-electron chi connectivity index (χ4n) is 4.30. The highest BCUT2D eigenvalue weighted by Crippen LogP contribution is 2.46. The molecule has 0 aromatic heterocycles. The minimum atomic E-state index is -4.71. The number of aliphatic hydroxyl groups is 1. The molecule has 1 fully saturated rings. The Bertz CT molecular complexity index is 966. The first-order valence-corrected chi connectivity index (χ1v) is 13.4. The predicted molar refractivity (Wildman–Crippen MR) is 133 cm³/mol. The number of hydrogen-bond acceptors (Lipinski definition) is 5. The number of halogens is 1. The molecule has 1 aromatic rings. The van der Waals surface area contributed by atoms with Gasteiger partial charge >= 0.3 is 13.9 Å². The van der Waals surface area contributed by atoms with Crippen LogP contribution in [0.5, 0.6) is 0 Å². The molecule has 198 valence electrons. The average Bonchev–Trinajstić information content (AvgIpc) is 2.72. The van der Waals surface area contributed by atoms with Crippen molar-refractivity contribution in [2.75, 3.05) is 19.6 Å². The summed E-state index contributed by atoms with van der Waals surface area (Å²) in [6.07, 6.45) is 0.358. The Hall–Kier alpha value is -1.68. The quantitative estimate of drug-likeness (QED) is 0.322. The molecular weight excluding hydrogens is 497 g/mol. The number of piperidine rings is 1. The molecule has 12 heteroatoms. The summed E-state index contributed by atoms with van der Waals surface area (Å²) in [4.78, 5) is 45.2. The van der Waals surface area contributed by atoms with Crippen molar-refractivity contribution in [1.82, 2.24) is 15.5 Å². The first kappa shape index (κ1) is 29.5. The lowest BCUT2D eigenvalue weighted by Crippen LogP contribution is -2.58. The van der Waals surface area contributed by atoms with Crippen molar-refractivity contribution in [3.05, 3.63) is 34.9 Å². The number of nitrogens with zero attached hydrogens (tertiary/aromatic N) is 1. The number of carbonyl (C=O) groups is 2. The van der Waals surface area contributed by atoms with Gasteiger partial charge in [-0.2, -0.15) is 0 Å². The van der Waals surface area contributed by atoms with E-state index in [4.69, 9.17) is 21.4 Å². The van der Waals surface area contributed by atoms with E-state index >= 15 is 0 Å². The van der Waals surface area contributed by atoms with Crippen molar-refractivity contribution in [2.45, 2.75) is 65.2 Å². The molecule has 0 saturated carbocycles. The average molecular weight is 534 g/mol. The molecule has 3 amide bonds. The molecule has 0 radical (unpaired) electrons. The van der Waals surface area contributed by atoms with Gasteiger partial charge in [-0.05, 0) is 44.9 Å². The van der Waals surface area contributed by atoms with E-state index in [1.807, 2.05) is 13.8 Å². The van der Waals surface area contributed by atoms with Gasteiger partial charge in [0.1, 0.15) is 0 Å². The van der Waals surface area contributed by atoms with Crippen LogP contribution in [0.15, 0.2) is 24.3 Å². The van der Waals surface area contributed by atoms with E-state index in [0.717, 1.165) is 5.56 Å². The standard InChI is InChI=1S/C23H37ClN3O7P/c1-15(16(2)26-20(29)25-13-22(5,6)34-35(31,32)33)19(28)27-12-11-23(30,21(3,4)14-27)17-7-9-18(24)10-8-17/h7-10,15-16,30H,11-14H2,1-6H3,(H2,25,26,29)(H2,31,32,33)/t15-,16?,23+/m1/s1. The zero-order chi connectivity index (χ0) is 26.8. The Morgan fingerprint density at radius 3 is 2.31 bits per heavy atom. The van der Waals surface area contributed by atoms with E-state index in [0.29, 0.717) is 24.5 Å². The fraction of sp³-hybridized carbons (Fsp3) is 0.652. The lowest BCUT2D eigenvalue weighted by atomic mass is 9.66. The third kappa shape index (κ3) is 7.65. The minimum absolute atomic E-state index is 0.144. The van der Waals surface area contributed by atoms with E-state index in [2.05, 4.69) is 15.2 Å². The Morgan fingerprint density at radius 1 is 1.23 bits per heavy atom. The van der Waals surface area contributed by atoms with E-state index < -0.39 is 42.4 Å². The second kappa shape index (κ2) is 10.7. The maximum absolute atomic E-state index is 13.2. The Labute approximate surface area is 211 Å². The van der Waals surface area contributed by atoms with Crippen molar-refractivity contribution in [2.24, 2.45) is 11.3 Å². The number of carbonyl (C=O) groups excluding carboxylic acids is 2. The van der Waals surface area contributed by atoms with Crippen molar-refractivity contribution in [3.8, 4) is 0 Å². The lowest BCUT2D eigenvalue weighted by Gasteiger charge is -2.51. The summed E-state index contributed by atoms with van der Waals surface area (Å²) in [7, 11) is -4.71. The molecule has 1 aliphatic rings. The summed E-state index contributed by atoms with van der Waals surface area (Å²) < 4.78 is 15.7. The topological polar surface area (TPSA) is 148 Å². The number of nitrogens with one attached hydrogen (secondary N) is 2. The van der Waals surface area contributed by atoms with Gasteiger partial charge < -0.3 is 30.4 Å². The number of benzene rings is 1. The number of rotatable bonds is 8. The zero-order valence-corrected chi connectivity index (χ0v) is 22.7. The maximum Gasteiger partial charge on any atom is 0.470 e. The van der Waals surface area contributed by atoms with Crippen LogP contribution >= 0.6 is 19.4 Å². The SMILES string of the molecule is CC(NC(=O)NCC(C)(C)OP(=O)(O)O)[C@@H](C)C(=O)N1CC[C@](O)(c2ccc(Cl)cc2)C(C)(C)C1. The van der Waals surface area contributed by atoms with Crippen LogP contribution < -0.4 is 10.6 Å². The number of likely N-dealkylation sites (tertiary alicyclic amines) is 1. The molecule has 1 saturated heterocycles. The van der Waals surface area contributed by atoms with E-state index in [9.17, 15) is 19.3 Å². The minimum Gasteiger partial charge on any atom is -0.384 e. The van der Waals surface area contributed by atoms with Crippen molar-refractivity contribution in [1.29, 1.82) is 0 Å². The highest BCUT2D eigenvalue weighted by molar-refractivity contribution is 7.46. The third-order valence-electron chi connectivity index (χ3n) is 6.62. The number of phosphoric ester groups is 1. The van der Waals surface area contributed by atoms with Crippen LogP contribution in [0.3, 0.4) is 0 Å². The molecule has 1 aliphatic heterocycles. The number of hydrogen-bond donors (Lipinski definition) is 5. The molecule has 0 spiro atoms. The summed E-state index contributed by atoms with van der Waals surface area (Å²) in [6, 6.07) is 5.98. The van der Waals surface area contributed by atoms with Crippen LogP contribution in [0.2, 0.25) is 5.02 Å². The number of urea groups is 1. The van der Waals surface area contributed by atoms with Crippen LogP contribution in [0.1, 0.15) is 53.5 Å². The molecular formula is C23H37ClN3O7P. The van der Waals surface area contributed by atoms with E-state index in [1.54, 1.807) is 43.0 Å². The largest absolute Gasteiger partial charge is 0.470 e. The molecule has 2 rings (SSSR count). The van der Waals surface area contributed by atoms with Crippen LogP contribution in [0, 0.1) is 11.3 Å². The van der Waals surface area contributed by atoms with Gasteiger partial charge in [0.05, 0.1) is 17.1 Å². The highest BCUT2D eigenvalue weighted by Gasteiger charge is 2.50. The zero-order valence-electron chi connectivity index (χ0n) is 21.0. The molecule has 35 heavy (non-hydrogen) atoms. The number of phosphoric acid groups is 1. The van der Waals surface area contributed by atoms with Gasteiger partial charge in [0.2, 0.25) is 5.91 Å². The molecule has 0 bridgehead atoms. The van der Waals surface area contributed by atoms with Crippen LogP contribution in [-0.2, 0) is 19.5 Å². The molecule has 1 heterocycles. The van der Waals surface area contributed by atoms with Crippen LogP contribution in [0.25, 0.3) is 0 Å². The molecule has 5 N–H and O–H groups in total. The summed E-state index contributed by atoms with van der Waals surface area (Å²) in [5.74, 6) is -0.688. The van der Waals surface area contributed by atoms with Crippen molar-refractivity contribution in [3.63, 3.8) is 0 Å². The van der Waals surface area contributed by atoms with Gasteiger partial charge in [-0.15, -0.1) is 0 Å². The summed E-state index contributed by atoms with van der Waals surface area (Å²) in [5, 5.41) is 17.3. The predicted octanol–water partition coefficient (Wildman–Crippen LogP) is 3.00. The van der Waals surface area contributed by atoms with Gasteiger partial charge in [0, 0.05) is 36.1 Å². The Kier molecular flexibility index (Phi) is 9.07. The summed E-state index contributed by atoms with van der Waals surface area (Å²) >= 11 is 5.99. The first-order valence-electron chi connectivity index (χ1n) is 11.4. The molecule has 0 aliphatic carbocycles.